The van der Waals surface area contributed by atoms with E-state index in [0.717, 1.165) is 18.5 Å². The Bertz CT molecular complexity index is 499. The zero-order chi connectivity index (χ0) is 14.9. The van der Waals surface area contributed by atoms with Gasteiger partial charge in [0, 0.05) is 11.6 Å². The van der Waals surface area contributed by atoms with Crippen LogP contribution in [0.4, 0.5) is 0 Å². The van der Waals surface area contributed by atoms with Crippen molar-refractivity contribution in [2.45, 2.75) is 38.6 Å². The van der Waals surface area contributed by atoms with Crippen LogP contribution in [0.3, 0.4) is 0 Å². The quantitative estimate of drug-likeness (QED) is 0.598. The topological polar surface area (TPSA) is 41.1 Å². The Morgan fingerprint density at radius 1 is 1.24 bits per heavy atom. The van der Waals surface area contributed by atoms with Gasteiger partial charge < -0.3 is 10.6 Å². The summed E-state index contributed by atoms with van der Waals surface area (Å²) in [7, 11) is 0. The number of rotatable bonds is 7. The fourth-order valence-corrected chi connectivity index (χ4v) is 2.68. The fraction of sp³-hybridized carbons (Fsp3) is 0.471. The molecule has 0 aromatic heterocycles. The molecule has 0 saturated carbocycles. The maximum absolute atomic E-state index is 11.7. The predicted molar refractivity (Wildman–Crippen MR) is 87.3 cm³/mol. The Hall–Kier alpha value is -1.32. The van der Waals surface area contributed by atoms with Gasteiger partial charge in [-0.2, -0.15) is 0 Å². The van der Waals surface area contributed by atoms with Gasteiger partial charge in [0.1, 0.15) is 0 Å². The maximum Gasteiger partial charge on any atom is 0.234 e. The maximum atomic E-state index is 11.7. The van der Waals surface area contributed by atoms with Crippen LogP contribution in [0.25, 0.3) is 0 Å². The monoisotopic (exact) mass is 306 g/mol. The molecule has 0 bridgehead atoms. The Morgan fingerprint density at radius 2 is 2.10 bits per heavy atom. The molecule has 3 nitrogen and oxygen atoms in total. The van der Waals surface area contributed by atoms with E-state index in [-0.39, 0.29) is 5.91 Å². The standard InChI is InChI=1S/C17H23ClN2O/c18-16-9-5-4-8-15(16)12-20-17(21)13-19-11-10-14-6-2-1-3-7-14/h4-6,8-9,19H,1-3,7,10-13H2,(H,20,21). The first-order valence-corrected chi connectivity index (χ1v) is 8.02. The molecule has 21 heavy (non-hydrogen) atoms. The average molecular weight is 307 g/mol. The van der Waals surface area contributed by atoms with E-state index < -0.39 is 0 Å². The molecular weight excluding hydrogens is 284 g/mol. The van der Waals surface area contributed by atoms with E-state index in [9.17, 15) is 4.79 Å². The van der Waals surface area contributed by atoms with Crippen LogP contribution in [-0.4, -0.2) is 19.0 Å². The molecule has 4 heteroatoms. The van der Waals surface area contributed by atoms with Gasteiger partial charge in [-0.15, -0.1) is 0 Å². The second kappa shape index (κ2) is 8.85. The van der Waals surface area contributed by atoms with Crippen LogP contribution < -0.4 is 10.6 Å². The van der Waals surface area contributed by atoms with Gasteiger partial charge >= 0.3 is 0 Å². The first kappa shape index (κ1) is 16.1. The number of carbonyl (C=O) groups is 1. The summed E-state index contributed by atoms with van der Waals surface area (Å²) in [4.78, 5) is 11.7. The van der Waals surface area contributed by atoms with Crippen molar-refractivity contribution in [1.82, 2.24) is 10.6 Å². The molecule has 0 heterocycles. The van der Waals surface area contributed by atoms with Crippen molar-refractivity contribution in [3.05, 3.63) is 46.5 Å². The summed E-state index contributed by atoms with van der Waals surface area (Å²) in [5, 5.41) is 6.77. The van der Waals surface area contributed by atoms with Gasteiger partial charge in [0.25, 0.3) is 0 Å². The van der Waals surface area contributed by atoms with Crippen molar-refractivity contribution in [2.24, 2.45) is 0 Å². The average Bonchev–Trinajstić information content (AvgIpc) is 2.52. The molecule has 0 fully saturated rings. The Labute approximate surface area is 131 Å². The molecule has 0 aliphatic heterocycles. The summed E-state index contributed by atoms with van der Waals surface area (Å²) in [6.07, 6.45) is 8.47. The number of amides is 1. The molecule has 0 unspecified atom stereocenters. The van der Waals surface area contributed by atoms with Gasteiger partial charge in [-0.25, -0.2) is 0 Å². The summed E-state index contributed by atoms with van der Waals surface area (Å²) in [5.41, 5.74) is 2.48. The predicted octanol–water partition coefficient (Wildman–Crippen LogP) is 3.44. The van der Waals surface area contributed by atoms with E-state index in [1.807, 2.05) is 24.3 Å². The van der Waals surface area contributed by atoms with Crippen molar-refractivity contribution in [3.63, 3.8) is 0 Å². The minimum absolute atomic E-state index is 0.00698. The highest BCUT2D eigenvalue weighted by Gasteiger charge is 2.05. The van der Waals surface area contributed by atoms with Gasteiger partial charge in [0.2, 0.25) is 5.91 Å². The van der Waals surface area contributed by atoms with E-state index in [1.54, 1.807) is 0 Å². The lowest BCUT2D eigenvalue weighted by atomic mass is 9.97. The van der Waals surface area contributed by atoms with E-state index in [2.05, 4.69) is 16.7 Å². The summed E-state index contributed by atoms with van der Waals surface area (Å²) in [6.45, 7) is 1.70. The molecule has 0 radical (unpaired) electrons. The lowest BCUT2D eigenvalue weighted by molar-refractivity contribution is -0.120. The molecule has 0 spiro atoms. The van der Waals surface area contributed by atoms with Gasteiger partial charge in [0.15, 0.2) is 0 Å². The van der Waals surface area contributed by atoms with Gasteiger partial charge in [-0.3, -0.25) is 4.79 Å². The number of hydrogen-bond acceptors (Lipinski definition) is 2. The molecule has 1 aliphatic carbocycles. The zero-order valence-electron chi connectivity index (χ0n) is 12.3. The lowest BCUT2D eigenvalue weighted by Crippen LogP contribution is -2.34. The normalized spacial score (nSPS) is 14.6. The van der Waals surface area contributed by atoms with Gasteiger partial charge in [0.05, 0.1) is 6.54 Å². The van der Waals surface area contributed by atoms with Crippen LogP contribution in [0, 0.1) is 0 Å². The number of nitrogens with one attached hydrogen (secondary N) is 2. The molecule has 1 aromatic carbocycles. The molecule has 114 valence electrons. The van der Waals surface area contributed by atoms with Crippen LogP contribution in [0.5, 0.6) is 0 Å². The molecule has 0 atom stereocenters. The van der Waals surface area contributed by atoms with Gasteiger partial charge in [-0.05, 0) is 50.3 Å². The van der Waals surface area contributed by atoms with Crippen molar-refractivity contribution in [2.75, 3.05) is 13.1 Å². The summed E-state index contributed by atoms with van der Waals surface area (Å²) in [5.74, 6) is 0.00698. The third kappa shape index (κ3) is 5.90. The smallest absolute Gasteiger partial charge is 0.234 e. The van der Waals surface area contributed by atoms with Crippen molar-refractivity contribution >= 4 is 17.5 Å². The number of benzene rings is 1. The Kier molecular flexibility index (Phi) is 6.77. The highest BCUT2D eigenvalue weighted by atomic mass is 35.5. The largest absolute Gasteiger partial charge is 0.351 e. The van der Waals surface area contributed by atoms with Crippen molar-refractivity contribution in [1.29, 1.82) is 0 Å². The van der Waals surface area contributed by atoms with Crippen LogP contribution in [-0.2, 0) is 11.3 Å². The van der Waals surface area contributed by atoms with Gasteiger partial charge in [-0.1, -0.05) is 41.4 Å². The first-order chi connectivity index (χ1) is 10.3. The highest BCUT2D eigenvalue weighted by molar-refractivity contribution is 6.31. The second-order valence-corrected chi connectivity index (χ2v) is 5.81. The summed E-state index contributed by atoms with van der Waals surface area (Å²) >= 11 is 6.05. The first-order valence-electron chi connectivity index (χ1n) is 7.64. The molecule has 1 aromatic rings. The molecule has 1 amide bonds. The van der Waals surface area contributed by atoms with E-state index in [1.165, 1.54) is 31.3 Å². The SMILES string of the molecule is O=C(CNCCC1=CCCCC1)NCc1ccccc1Cl. The van der Waals surface area contributed by atoms with E-state index in [0.29, 0.717) is 18.1 Å². The van der Waals surface area contributed by atoms with Crippen LogP contribution >= 0.6 is 11.6 Å². The van der Waals surface area contributed by atoms with E-state index in [4.69, 9.17) is 11.6 Å². The van der Waals surface area contributed by atoms with Crippen LogP contribution in [0.15, 0.2) is 35.9 Å². The lowest BCUT2D eigenvalue weighted by Gasteiger charge is -2.13. The minimum atomic E-state index is 0.00698. The van der Waals surface area contributed by atoms with Crippen molar-refractivity contribution in [3.8, 4) is 0 Å². The molecule has 1 aliphatic rings. The summed E-state index contributed by atoms with van der Waals surface area (Å²) in [6, 6.07) is 7.56. The Balaban J connectivity index is 1.59. The van der Waals surface area contributed by atoms with Crippen LogP contribution in [0.2, 0.25) is 5.02 Å². The number of hydrogen-bond donors (Lipinski definition) is 2. The Morgan fingerprint density at radius 3 is 2.86 bits per heavy atom. The van der Waals surface area contributed by atoms with Crippen LogP contribution in [0.1, 0.15) is 37.7 Å². The molecule has 2 rings (SSSR count). The van der Waals surface area contributed by atoms with E-state index >= 15 is 0 Å². The molecule has 0 saturated heterocycles. The number of carbonyl (C=O) groups excluding carboxylic acids is 1. The highest BCUT2D eigenvalue weighted by Crippen LogP contribution is 2.19. The third-order valence-electron chi connectivity index (χ3n) is 3.73. The molecular formula is C17H23ClN2O. The second-order valence-electron chi connectivity index (χ2n) is 5.40. The number of halogens is 1. The third-order valence-corrected chi connectivity index (χ3v) is 4.10. The zero-order valence-corrected chi connectivity index (χ0v) is 13.1. The summed E-state index contributed by atoms with van der Waals surface area (Å²) < 4.78 is 0. The number of allylic oxidation sites excluding steroid dienone is 1. The fourth-order valence-electron chi connectivity index (χ4n) is 2.48. The van der Waals surface area contributed by atoms with Crippen molar-refractivity contribution < 1.29 is 4.79 Å². The molecule has 2 N–H and O–H groups in total. The minimum Gasteiger partial charge on any atom is -0.351 e.